The molecule has 1 aromatic heterocycles. The molecule has 2 heterocycles. The van der Waals surface area contributed by atoms with Crippen LogP contribution in [-0.4, -0.2) is 53.3 Å². The number of carbonyl (C=O) groups excluding carboxylic acids is 5. The quantitative estimate of drug-likeness (QED) is 0.536. The Kier molecular flexibility index (Phi) is 5.98. The maximum Gasteiger partial charge on any atom is 0.326 e. The summed E-state index contributed by atoms with van der Waals surface area (Å²) in [6.45, 7) is 4.87. The largest absolute Gasteiger partial charge is 0.454 e. The van der Waals surface area contributed by atoms with Crippen LogP contribution in [-0.2, 0) is 19.1 Å². The molecular weight excluding hydrogens is 410 g/mol. The van der Waals surface area contributed by atoms with Crippen LogP contribution < -0.4 is 10.6 Å². The lowest BCUT2D eigenvalue weighted by atomic mass is 9.64. The molecule has 0 radical (unpaired) electrons. The highest BCUT2D eigenvalue weighted by Crippen LogP contribution is 2.46. The number of nitrogens with one attached hydrogen (secondary N) is 2. The summed E-state index contributed by atoms with van der Waals surface area (Å²) < 4.78 is 4.84. The van der Waals surface area contributed by atoms with Crippen molar-refractivity contribution in [2.45, 2.75) is 45.6 Å². The number of thiophene rings is 1. The lowest BCUT2D eigenvalue weighted by Crippen LogP contribution is -2.54. The zero-order valence-electron chi connectivity index (χ0n) is 17.1. The van der Waals surface area contributed by atoms with E-state index < -0.39 is 48.4 Å². The van der Waals surface area contributed by atoms with Crippen molar-refractivity contribution in [2.24, 2.45) is 11.3 Å². The SMILES string of the molecule is CC1CC(C)(C)CC2(C1)NC(=O)N(CC(=O)OCC(=O)NC(=O)c1cccs1)C2=O. The van der Waals surface area contributed by atoms with E-state index in [1.807, 2.05) is 6.92 Å². The molecule has 1 aliphatic carbocycles. The molecule has 5 amide bonds. The van der Waals surface area contributed by atoms with Gasteiger partial charge in [0, 0.05) is 0 Å². The van der Waals surface area contributed by atoms with Crippen molar-refractivity contribution in [2.75, 3.05) is 13.2 Å². The molecule has 1 aliphatic heterocycles. The first-order valence-electron chi connectivity index (χ1n) is 9.69. The predicted molar refractivity (Wildman–Crippen MR) is 108 cm³/mol. The Labute approximate surface area is 178 Å². The molecule has 3 rings (SSSR count). The van der Waals surface area contributed by atoms with Gasteiger partial charge in [-0.05, 0) is 42.0 Å². The van der Waals surface area contributed by atoms with Crippen LogP contribution in [0.15, 0.2) is 17.5 Å². The van der Waals surface area contributed by atoms with Gasteiger partial charge in [0.2, 0.25) is 0 Å². The number of hydrogen-bond acceptors (Lipinski definition) is 7. The number of rotatable bonds is 5. The lowest BCUT2D eigenvalue weighted by molar-refractivity contribution is -0.151. The number of nitrogens with zero attached hydrogens (tertiary/aromatic N) is 1. The van der Waals surface area contributed by atoms with Crippen LogP contribution in [0.2, 0.25) is 0 Å². The van der Waals surface area contributed by atoms with Gasteiger partial charge in [-0.25, -0.2) is 4.79 Å². The van der Waals surface area contributed by atoms with Crippen LogP contribution in [0.5, 0.6) is 0 Å². The summed E-state index contributed by atoms with van der Waals surface area (Å²) in [4.78, 5) is 62.3. The van der Waals surface area contributed by atoms with Crippen LogP contribution in [0.1, 0.15) is 49.7 Å². The van der Waals surface area contributed by atoms with Crippen LogP contribution >= 0.6 is 11.3 Å². The molecule has 1 aromatic rings. The van der Waals surface area contributed by atoms with Crippen molar-refractivity contribution in [3.8, 4) is 0 Å². The van der Waals surface area contributed by atoms with Crippen LogP contribution in [0.3, 0.4) is 0 Å². The van der Waals surface area contributed by atoms with Gasteiger partial charge >= 0.3 is 12.0 Å². The zero-order chi connectivity index (χ0) is 22.1. The first-order valence-corrected chi connectivity index (χ1v) is 10.6. The molecule has 2 atom stereocenters. The molecule has 0 aromatic carbocycles. The van der Waals surface area contributed by atoms with Gasteiger partial charge in [0.15, 0.2) is 6.61 Å². The number of imide groups is 2. The lowest BCUT2D eigenvalue weighted by Gasteiger charge is -2.43. The van der Waals surface area contributed by atoms with E-state index in [1.165, 1.54) is 11.3 Å². The standard InChI is InChI=1S/C20H25N3O6S/c1-12-7-19(2,3)11-20(8-12)17(27)23(18(28)22-20)9-15(25)29-10-14(24)21-16(26)13-5-4-6-30-13/h4-6,12H,7-11H2,1-3H3,(H,22,28)(H,21,24,26). The minimum Gasteiger partial charge on any atom is -0.454 e. The van der Waals surface area contributed by atoms with E-state index in [-0.39, 0.29) is 11.3 Å². The molecule has 9 nitrogen and oxygen atoms in total. The third-order valence-corrected chi connectivity index (χ3v) is 6.14. The van der Waals surface area contributed by atoms with E-state index in [9.17, 15) is 24.0 Å². The van der Waals surface area contributed by atoms with Crippen LogP contribution in [0.25, 0.3) is 0 Å². The highest BCUT2D eigenvalue weighted by atomic mass is 32.1. The molecule has 30 heavy (non-hydrogen) atoms. The fourth-order valence-electron chi connectivity index (χ4n) is 4.60. The van der Waals surface area contributed by atoms with Gasteiger partial charge in [0.05, 0.1) is 4.88 Å². The smallest absolute Gasteiger partial charge is 0.326 e. The van der Waals surface area contributed by atoms with E-state index in [4.69, 9.17) is 4.74 Å². The highest BCUT2D eigenvalue weighted by Gasteiger charge is 2.56. The van der Waals surface area contributed by atoms with Gasteiger partial charge in [0.25, 0.3) is 17.7 Å². The monoisotopic (exact) mass is 435 g/mol. The molecule has 2 fully saturated rings. The van der Waals surface area contributed by atoms with Crippen molar-refractivity contribution in [3.63, 3.8) is 0 Å². The number of amides is 5. The molecule has 1 spiro atoms. The van der Waals surface area contributed by atoms with E-state index in [0.29, 0.717) is 17.7 Å². The van der Waals surface area contributed by atoms with E-state index >= 15 is 0 Å². The molecule has 2 unspecified atom stereocenters. The second kappa shape index (κ2) is 8.17. The first-order chi connectivity index (χ1) is 14.0. The molecule has 10 heteroatoms. The fraction of sp³-hybridized carbons (Fsp3) is 0.550. The first kappa shape index (κ1) is 21.9. The molecule has 0 bridgehead atoms. The molecular formula is C20H25N3O6S. The summed E-state index contributed by atoms with van der Waals surface area (Å²) in [6, 6.07) is 2.59. The highest BCUT2D eigenvalue weighted by molar-refractivity contribution is 7.12. The van der Waals surface area contributed by atoms with Gasteiger partial charge in [0.1, 0.15) is 12.1 Å². The molecule has 1 saturated heterocycles. The summed E-state index contributed by atoms with van der Waals surface area (Å²) in [5, 5.41) is 6.57. The van der Waals surface area contributed by atoms with Gasteiger partial charge in [-0.1, -0.05) is 26.8 Å². The number of carbonyl (C=O) groups is 5. The average Bonchev–Trinajstić information content (AvgIpc) is 3.22. The minimum atomic E-state index is -1.01. The van der Waals surface area contributed by atoms with Crippen LogP contribution in [0.4, 0.5) is 4.79 Å². The zero-order valence-corrected chi connectivity index (χ0v) is 18.0. The Morgan fingerprint density at radius 2 is 2.03 bits per heavy atom. The van der Waals surface area contributed by atoms with Gasteiger partial charge in [-0.2, -0.15) is 0 Å². The summed E-state index contributed by atoms with van der Waals surface area (Å²) in [6.07, 6.45) is 1.95. The molecule has 2 N–H and O–H groups in total. The predicted octanol–water partition coefficient (Wildman–Crippen LogP) is 1.68. The van der Waals surface area contributed by atoms with E-state index in [2.05, 4.69) is 24.5 Å². The summed E-state index contributed by atoms with van der Waals surface area (Å²) >= 11 is 1.17. The third-order valence-electron chi connectivity index (χ3n) is 5.27. The number of hydrogen-bond donors (Lipinski definition) is 2. The second-order valence-corrected chi connectivity index (χ2v) is 9.72. The van der Waals surface area contributed by atoms with Crippen molar-refractivity contribution < 1.29 is 28.7 Å². The normalized spacial score (nSPS) is 25.2. The van der Waals surface area contributed by atoms with E-state index in [1.54, 1.807) is 17.5 Å². The number of esters is 1. The molecule has 2 aliphatic rings. The summed E-state index contributed by atoms with van der Waals surface area (Å²) in [5.41, 5.74) is -1.13. The van der Waals surface area contributed by atoms with E-state index in [0.717, 1.165) is 11.3 Å². The Bertz CT molecular complexity index is 881. The Balaban J connectivity index is 1.54. The fourth-order valence-corrected chi connectivity index (χ4v) is 5.22. The summed E-state index contributed by atoms with van der Waals surface area (Å²) in [7, 11) is 0. The third kappa shape index (κ3) is 4.69. The Hall–Kier alpha value is -2.75. The average molecular weight is 436 g/mol. The van der Waals surface area contributed by atoms with Gasteiger partial charge in [-0.15, -0.1) is 11.3 Å². The van der Waals surface area contributed by atoms with Gasteiger partial charge in [-0.3, -0.25) is 29.4 Å². The minimum absolute atomic E-state index is 0.121. The second-order valence-electron chi connectivity index (χ2n) is 8.77. The Morgan fingerprint density at radius 1 is 1.30 bits per heavy atom. The topological polar surface area (TPSA) is 122 Å². The maximum atomic E-state index is 13.0. The van der Waals surface area contributed by atoms with Crippen molar-refractivity contribution in [1.82, 2.24) is 15.5 Å². The van der Waals surface area contributed by atoms with Crippen molar-refractivity contribution in [3.05, 3.63) is 22.4 Å². The summed E-state index contributed by atoms with van der Waals surface area (Å²) in [5.74, 6) is -2.48. The maximum absolute atomic E-state index is 13.0. The number of urea groups is 1. The van der Waals surface area contributed by atoms with Crippen LogP contribution in [0, 0.1) is 11.3 Å². The van der Waals surface area contributed by atoms with Crippen molar-refractivity contribution >= 4 is 41.1 Å². The molecule has 162 valence electrons. The van der Waals surface area contributed by atoms with Gasteiger partial charge < -0.3 is 10.1 Å². The number of ether oxygens (including phenoxy) is 1. The Morgan fingerprint density at radius 3 is 2.67 bits per heavy atom. The van der Waals surface area contributed by atoms with Crippen molar-refractivity contribution in [1.29, 1.82) is 0 Å². The molecule has 1 saturated carbocycles.